The topological polar surface area (TPSA) is 96.4 Å². The number of benzene rings is 1. The largest absolute Gasteiger partial charge is 0.477 e. The third-order valence-corrected chi connectivity index (χ3v) is 4.21. The Morgan fingerprint density at radius 1 is 1.29 bits per heavy atom. The molecule has 0 atom stereocenters. The number of rotatable bonds is 5. The van der Waals surface area contributed by atoms with Gasteiger partial charge in [0.2, 0.25) is 10.0 Å². The lowest BCUT2D eigenvalue weighted by atomic mass is 10.2. The number of carboxylic acid groups (broad SMARTS) is 1. The van der Waals surface area contributed by atoms with Crippen molar-refractivity contribution in [2.45, 2.75) is 18.4 Å². The van der Waals surface area contributed by atoms with E-state index in [1.807, 2.05) is 13.0 Å². The highest BCUT2D eigenvalue weighted by Gasteiger charge is 2.13. The highest BCUT2D eigenvalue weighted by atomic mass is 32.2. The average molecular weight is 306 g/mol. The van der Waals surface area contributed by atoms with Crippen molar-refractivity contribution >= 4 is 16.0 Å². The first-order valence-electron chi connectivity index (χ1n) is 6.13. The zero-order chi connectivity index (χ0) is 15.5. The summed E-state index contributed by atoms with van der Waals surface area (Å²) in [4.78, 5) is 14.6. The fourth-order valence-corrected chi connectivity index (χ4v) is 2.82. The quantitative estimate of drug-likeness (QED) is 0.874. The van der Waals surface area contributed by atoms with Gasteiger partial charge < -0.3 is 5.11 Å². The zero-order valence-corrected chi connectivity index (χ0v) is 12.1. The first-order valence-corrected chi connectivity index (χ1v) is 7.61. The van der Waals surface area contributed by atoms with Gasteiger partial charge in [-0.15, -0.1) is 0 Å². The molecule has 1 heterocycles. The molecule has 0 radical (unpaired) electrons. The molecule has 0 amide bonds. The van der Waals surface area contributed by atoms with Gasteiger partial charge in [0, 0.05) is 12.7 Å². The van der Waals surface area contributed by atoms with E-state index >= 15 is 0 Å². The number of nitrogens with zero attached hydrogens (tertiary/aromatic N) is 1. The maximum absolute atomic E-state index is 12.1. The van der Waals surface area contributed by atoms with Crippen molar-refractivity contribution in [3.05, 3.63) is 59.4 Å². The maximum Gasteiger partial charge on any atom is 0.354 e. The number of carboxylic acids is 1. The minimum atomic E-state index is -3.60. The molecule has 0 spiro atoms. The molecule has 0 aliphatic heterocycles. The van der Waals surface area contributed by atoms with Crippen LogP contribution in [0.3, 0.4) is 0 Å². The van der Waals surface area contributed by atoms with Crippen LogP contribution in [-0.2, 0) is 16.6 Å². The monoisotopic (exact) mass is 306 g/mol. The third kappa shape index (κ3) is 3.87. The average Bonchev–Trinajstić information content (AvgIpc) is 2.45. The van der Waals surface area contributed by atoms with E-state index in [4.69, 9.17) is 5.11 Å². The molecule has 7 heteroatoms. The second kappa shape index (κ2) is 6.02. The van der Waals surface area contributed by atoms with Crippen molar-refractivity contribution in [3.8, 4) is 0 Å². The number of sulfonamides is 1. The second-order valence-electron chi connectivity index (χ2n) is 4.50. The summed E-state index contributed by atoms with van der Waals surface area (Å²) in [5.41, 5.74) is 1.35. The standard InChI is InChI=1S/C14H14N2O4S/c1-10-3-2-4-12(7-10)21(19,20)16-9-11-5-6-13(14(17)18)15-8-11/h2-8,16H,9H2,1H3,(H,17,18). The first kappa shape index (κ1) is 15.1. The number of pyridine rings is 1. The van der Waals surface area contributed by atoms with Crippen molar-refractivity contribution < 1.29 is 18.3 Å². The fourth-order valence-electron chi connectivity index (χ4n) is 1.70. The molecule has 0 aliphatic rings. The van der Waals surface area contributed by atoms with Crippen LogP contribution in [0.4, 0.5) is 0 Å². The Bertz CT molecular complexity index is 755. The van der Waals surface area contributed by atoms with Crippen LogP contribution in [0.1, 0.15) is 21.6 Å². The van der Waals surface area contributed by atoms with Gasteiger partial charge >= 0.3 is 5.97 Å². The van der Waals surface area contributed by atoms with Crippen molar-refractivity contribution in [1.82, 2.24) is 9.71 Å². The summed E-state index contributed by atoms with van der Waals surface area (Å²) in [6.45, 7) is 1.86. The van der Waals surface area contributed by atoms with E-state index in [2.05, 4.69) is 9.71 Å². The fraction of sp³-hybridized carbons (Fsp3) is 0.143. The molecule has 0 unspecified atom stereocenters. The Hall–Kier alpha value is -2.25. The lowest BCUT2D eigenvalue weighted by molar-refractivity contribution is 0.0690. The molecule has 0 saturated heterocycles. The van der Waals surface area contributed by atoms with Crippen LogP contribution in [0.15, 0.2) is 47.5 Å². The van der Waals surface area contributed by atoms with Crippen LogP contribution in [0.25, 0.3) is 0 Å². The number of hydrogen-bond donors (Lipinski definition) is 2. The van der Waals surface area contributed by atoms with Gasteiger partial charge in [0.15, 0.2) is 0 Å². The number of aromatic nitrogens is 1. The SMILES string of the molecule is Cc1cccc(S(=O)(=O)NCc2ccc(C(=O)O)nc2)c1. The van der Waals surface area contributed by atoms with Gasteiger partial charge in [-0.25, -0.2) is 22.9 Å². The van der Waals surface area contributed by atoms with Gasteiger partial charge in [-0.3, -0.25) is 0 Å². The molecule has 0 fully saturated rings. The van der Waals surface area contributed by atoms with Gasteiger partial charge in [-0.1, -0.05) is 18.2 Å². The Morgan fingerprint density at radius 3 is 2.62 bits per heavy atom. The maximum atomic E-state index is 12.1. The van der Waals surface area contributed by atoms with Crippen LogP contribution < -0.4 is 4.72 Å². The molecule has 2 aromatic rings. The first-order chi connectivity index (χ1) is 9.88. The highest BCUT2D eigenvalue weighted by Crippen LogP contribution is 2.11. The summed E-state index contributed by atoms with van der Waals surface area (Å²) >= 11 is 0. The number of aromatic carboxylic acids is 1. The molecule has 6 nitrogen and oxygen atoms in total. The Kier molecular flexibility index (Phi) is 4.35. The van der Waals surface area contributed by atoms with Gasteiger partial charge in [0.25, 0.3) is 0 Å². The summed E-state index contributed by atoms with van der Waals surface area (Å²) in [5, 5.41) is 8.74. The van der Waals surface area contributed by atoms with Crippen LogP contribution in [0, 0.1) is 6.92 Å². The third-order valence-electron chi connectivity index (χ3n) is 2.81. The molecular weight excluding hydrogens is 292 g/mol. The van der Waals surface area contributed by atoms with E-state index < -0.39 is 16.0 Å². The minimum absolute atomic E-state index is 0.0448. The molecule has 0 bridgehead atoms. The highest BCUT2D eigenvalue weighted by molar-refractivity contribution is 7.89. The molecule has 2 rings (SSSR count). The van der Waals surface area contributed by atoms with Gasteiger partial charge in [-0.05, 0) is 36.2 Å². The Labute approximate surface area is 122 Å². The molecule has 2 N–H and O–H groups in total. The molecule has 1 aromatic heterocycles. The van der Waals surface area contributed by atoms with Crippen molar-refractivity contribution in [3.63, 3.8) is 0 Å². The van der Waals surface area contributed by atoms with Crippen LogP contribution in [0.5, 0.6) is 0 Å². The number of carbonyl (C=O) groups is 1. The predicted octanol–water partition coefficient (Wildman–Crippen LogP) is 1.57. The van der Waals surface area contributed by atoms with Crippen LogP contribution >= 0.6 is 0 Å². The molecule has 1 aromatic carbocycles. The predicted molar refractivity (Wildman–Crippen MR) is 76.4 cm³/mol. The lowest BCUT2D eigenvalue weighted by Crippen LogP contribution is -2.23. The van der Waals surface area contributed by atoms with Crippen molar-refractivity contribution in [1.29, 1.82) is 0 Å². The van der Waals surface area contributed by atoms with Gasteiger partial charge in [0.1, 0.15) is 5.69 Å². The number of hydrogen-bond acceptors (Lipinski definition) is 4. The summed E-state index contributed by atoms with van der Waals surface area (Å²) in [7, 11) is -3.60. The van der Waals surface area contributed by atoms with E-state index in [1.54, 1.807) is 12.1 Å². The molecule has 110 valence electrons. The lowest BCUT2D eigenvalue weighted by Gasteiger charge is -2.07. The Morgan fingerprint density at radius 2 is 2.05 bits per heavy atom. The zero-order valence-electron chi connectivity index (χ0n) is 11.3. The van der Waals surface area contributed by atoms with Crippen molar-refractivity contribution in [2.24, 2.45) is 0 Å². The summed E-state index contributed by atoms with van der Waals surface area (Å²) < 4.78 is 26.7. The van der Waals surface area contributed by atoms with E-state index in [1.165, 1.54) is 24.4 Å². The summed E-state index contributed by atoms with van der Waals surface area (Å²) in [6.07, 6.45) is 1.34. The van der Waals surface area contributed by atoms with E-state index in [0.717, 1.165) is 5.56 Å². The van der Waals surface area contributed by atoms with E-state index in [-0.39, 0.29) is 17.1 Å². The molecule has 0 saturated carbocycles. The Balaban J connectivity index is 2.10. The normalized spacial score (nSPS) is 11.3. The van der Waals surface area contributed by atoms with Crippen molar-refractivity contribution in [2.75, 3.05) is 0 Å². The van der Waals surface area contributed by atoms with Gasteiger partial charge in [0.05, 0.1) is 4.90 Å². The second-order valence-corrected chi connectivity index (χ2v) is 6.26. The molecule has 21 heavy (non-hydrogen) atoms. The number of aryl methyl sites for hydroxylation is 1. The molecular formula is C14H14N2O4S. The van der Waals surface area contributed by atoms with Crippen LogP contribution in [-0.4, -0.2) is 24.5 Å². The minimum Gasteiger partial charge on any atom is -0.477 e. The van der Waals surface area contributed by atoms with E-state index in [9.17, 15) is 13.2 Å². The molecule has 0 aliphatic carbocycles. The summed E-state index contributed by atoms with van der Waals surface area (Å²) in [5.74, 6) is -1.12. The van der Waals surface area contributed by atoms with Crippen LogP contribution in [0.2, 0.25) is 0 Å². The van der Waals surface area contributed by atoms with Gasteiger partial charge in [-0.2, -0.15) is 0 Å². The number of nitrogens with one attached hydrogen (secondary N) is 1. The summed E-state index contributed by atoms with van der Waals surface area (Å²) in [6, 6.07) is 9.43. The smallest absolute Gasteiger partial charge is 0.354 e. The van der Waals surface area contributed by atoms with E-state index in [0.29, 0.717) is 5.56 Å².